The first-order valence-electron chi connectivity index (χ1n) is 8.47. The van der Waals surface area contributed by atoms with Crippen LogP contribution in [0.2, 0.25) is 5.02 Å². The van der Waals surface area contributed by atoms with Crippen molar-refractivity contribution in [3.8, 4) is 0 Å². The van der Waals surface area contributed by atoms with Gasteiger partial charge in [0.15, 0.2) is 0 Å². The molecule has 1 aliphatic heterocycles. The number of carbonyl (C=O) groups is 1. The normalized spacial score (nSPS) is 18.0. The second-order valence-electron chi connectivity index (χ2n) is 6.51. The lowest BCUT2D eigenvalue weighted by Crippen LogP contribution is -2.43. The van der Waals surface area contributed by atoms with Gasteiger partial charge in [-0.1, -0.05) is 41.4 Å². The minimum atomic E-state index is -3.57. The molecule has 3 rings (SSSR count). The number of nitrogens with zero attached hydrogens (tertiary/aromatic N) is 1. The summed E-state index contributed by atoms with van der Waals surface area (Å²) in [5.74, 6) is -0.407. The molecule has 1 fully saturated rings. The highest BCUT2D eigenvalue weighted by Crippen LogP contribution is 2.25. The Morgan fingerprint density at radius 1 is 1.15 bits per heavy atom. The van der Waals surface area contributed by atoms with E-state index in [2.05, 4.69) is 5.32 Å². The van der Waals surface area contributed by atoms with E-state index in [1.165, 1.54) is 4.31 Å². The second-order valence-corrected chi connectivity index (χ2v) is 8.86. The molecule has 1 saturated heterocycles. The van der Waals surface area contributed by atoms with Crippen molar-refractivity contribution in [3.63, 3.8) is 0 Å². The highest BCUT2D eigenvalue weighted by molar-refractivity contribution is 7.88. The summed E-state index contributed by atoms with van der Waals surface area (Å²) in [5.41, 5.74) is 2.40. The molecule has 26 heavy (non-hydrogen) atoms. The van der Waals surface area contributed by atoms with Crippen LogP contribution >= 0.6 is 11.6 Å². The molecule has 1 amide bonds. The van der Waals surface area contributed by atoms with Gasteiger partial charge in [0, 0.05) is 17.3 Å². The second kappa shape index (κ2) is 7.78. The summed E-state index contributed by atoms with van der Waals surface area (Å²) in [6.45, 7) is 2.32. The number of hydrogen-bond acceptors (Lipinski definition) is 3. The molecule has 138 valence electrons. The molecule has 2 aromatic rings. The average molecular weight is 393 g/mol. The maximum Gasteiger partial charge on any atom is 0.242 e. The van der Waals surface area contributed by atoms with Gasteiger partial charge in [0.1, 0.15) is 6.04 Å². The molecule has 1 aliphatic rings. The molecule has 1 heterocycles. The maximum absolute atomic E-state index is 12.8. The van der Waals surface area contributed by atoms with Crippen molar-refractivity contribution in [2.45, 2.75) is 31.6 Å². The van der Waals surface area contributed by atoms with Crippen LogP contribution < -0.4 is 5.32 Å². The molecular formula is C19H21ClN2O3S. The van der Waals surface area contributed by atoms with Gasteiger partial charge in [-0.25, -0.2) is 8.42 Å². The van der Waals surface area contributed by atoms with Gasteiger partial charge in [0.25, 0.3) is 0 Å². The summed E-state index contributed by atoms with van der Waals surface area (Å²) in [5, 5.41) is 3.36. The molecule has 0 saturated carbocycles. The minimum absolute atomic E-state index is 0.0992. The van der Waals surface area contributed by atoms with E-state index >= 15 is 0 Å². The Bertz CT molecular complexity index is 880. The van der Waals surface area contributed by atoms with Crippen LogP contribution in [-0.2, 0) is 20.6 Å². The Morgan fingerprint density at radius 3 is 2.46 bits per heavy atom. The van der Waals surface area contributed by atoms with E-state index in [1.54, 1.807) is 24.3 Å². The average Bonchev–Trinajstić information content (AvgIpc) is 3.10. The van der Waals surface area contributed by atoms with Crippen LogP contribution in [0.1, 0.15) is 24.0 Å². The van der Waals surface area contributed by atoms with Gasteiger partial charge in [-0.2, -0.15) is 4.31 Å². The zero-order valence-electron chi connectivity index (χ0n) is 14.5. The van der Waals surface area contributed by atoms with Crippen LogP contribution in [0.3, 0.4) is 0 Å². The van der Waals surface area contributed by atoms with Crippen molar-refractivity contribution in [1.82, 2.24) is 4.31 Å². The van der Waals surface area contributed by atoms with Crippen molar-refractivity contribution >= 4 is 33.2 Å². The third kappa shape index (κ3) is 4.44. The highest BCUT2D eigenvalue weighted by atomic mass is 35.5. The summed E-state index contributed by atoms with van der Waals surface area (Å²) in [4.78, 5) is 12.6. The summed E-state index contributed by atoms with van der Waals surface area (Å²) >= 11 is 5.84. The van der Waals surface area contributed by atoms with Gasteiger partial charge in [0.2, 0.25) is 15.9 Å². The molecule has 1 atom stereocenters. The number of nitrogens with one attached hydrogen (secondary N) is 1. The molecular weight excluding hydrogens is 372 g/mol. The van der Waals surface area contributed by atoms with Gasteiger partial charge in [-0.3, -0.25) is 4.79 Å². The van der Waals surface area contributed by atoms with E-state index in [4.69, 9.17) is 11.6 Å². The number of anilines is 1. The number of hydrogen-bond donors (Lipinski definition) is 1. The van der Waals surface area contributed by atoms with E-state index in [1.807, 2.05) is 31.2 Å². The smallest absolute Gasteiger partial charge is 0.242 e. The molecule has 0 unspecified atom stereocenters. The largest absolute Gasteiger partial charge is 0.325 e. The van der Waals surface area contributed by atoms with Crippen LogP contribution in [0.5, 0.6) is 0 Å². The molecule has 2 aromatic carbocycles. The van der Waals surface area contributed by atoms with E-state index in [0.29, 0.717) is 30.1 Å². The highest BCUT2D eigenvalue weighted by Gasteiger charge is 2.38. The maximum atomic E-state index is 12.8. The third-order valence-electron chi connectivity index (χ3n) is 4.45. The van der Waals surface area contributed by atoms with Crippen LogP contribution in [0.4, 0.5) is 5.69 Å². The summed E-state index contributed by atoms with van der Waals surface area (Å²) in [7, 11) is -3.57. The molecule has 0 spiro atoms. The Balaban J connectivity index is 1.72. The molecule has 7 heteroatoms. The number of halogens is 1. The number of aryl methyl sites for hydroxylation is 1. The predicted octanol–water partition coefficient (Wildman–Crippen LogP) is 3.58. The summed E-state index contributed by atoms with van der Waals surface area (Å²) in [6, 6.07) is 13.5. The summed E-state index contributed by atoms with van der Waals surface area (Å²) < 4.78 is 27.0. The minimum Gasteiger partial charge on any atom is -0.325 e. The Morgan fingerprint density at radius 2 is 1.81 bits per heavy atom. The number of rotatable bonds is 5. The Labute approximate surface area is 159 Å². The van der Waals surface area contributed by atoms with Gasteiger partial charge in [-0.15, -0.1) is 0 Å². The van der Waals surface area contributed by atoms with Crippen LogP contribution in [-0.4, -0.2) is 31.2 Å². The topological polar surface area (TPSA) is 66.5 Å². The molecule has 0 aliphatic carbocycles. The van der Waals surface area contributed by atoms with Crippen molar-refractivity contribution in [2.75, 3.05) is 11.9 Å². The number of carbonyl (C=O) groups excluding carboxylic acids is 1. The van der Waals surface area contributed by atoms with Crippen molar-refractivity contribution in [1.29, 1.82) is 0 Å². The fourth-order valence-electron chi connectivity index (χ4n) is 3.07. The standard InChI is InChI=1S/C19H21ClN2O3S/c1-14-4-6-15(7-5-14)13-26(24,25)22-12-2-3-18(22)19(23)21-17-10-8-16(20)9-11-17/h4-11,18H,2-3,12-13H2,1H3,(H,21,23)/t18-/m0/s1. The first kappa shape index (κ1) is 18.9. The lowest BCUT2D eigenvalue weighted by atomic mass is 10.2. The lowest BCUT2D eigenvalue weighted by molar-refractivity contribution is -0.119. The summed E-state index contributed by atoms with van der Waals surface area (Å²) in [6.07, 6.45) is 1.19. The van der Waals surface area contributed by atoms with E-state index in [0.717, 1.165) is 11.1 Å². The Hall–Kier alpha value is -1.89. The van der Waals surface area contributed by atoms with E-state index in [9.17, 15) is 13.2 Å². The van der Waals surface area contributed by atoms with Gasteiger partial charge >= 0.3 is 0 Å². The van der Waals surface area contributed by atoms with Crippen molar-refractivity contribution in [2.24, 2.45) is 0 Å². The van der Waals surface area contributed by atoms with Crippen LogP contribution in [0.15, 0.2) is 48.5 Å². The van der Waals surface area contributed by atoms with Crippen molar-refractivity contribution < 1.29 is 13.2 Å². The quantitative estimate of drug-likeness (QED) is 0.845. The Kier molecular flexibility index (Phi) is 5.65. The molecule has 0 bridgehead atoms. The lowest BCUT2D eigenvalue weighted by Gasteiger charge is -2.23. The molecule has 5 nitrogen and oxygen atoms in total. The fraction of sp³-hybridized carbons (Fsp3) is 0.316. The molecule has 0 radical (unpaired) electrons. The number of amides is 1. The van der Waals surface area contributed by atoms with Gasteiger partial charge in [0.05, 0.1) is 5.75 Å². The third-order valence-corrected chi connectivity index (χ3v) is 6.55. The van der Waals surface area contributed by atoms with E-state index < -0.39 is 16.1 Å². The fourth-order valence-corrected chi connectivity index (χ4v) is 4.97. The van der Waals surface area contributed by atoms with Crippen molar-refractivity contribution in [3.05, 3.63) is 64.7 Å². The van der Waals surface area contributed by atoms with Crippen LogP contribution in [0.25, 0.3) is 0 Å². The van der Waals surface area contributed by atoms with Gasteiger partial charge in [-0.05, 0) is 49.6 Å². The first-order chi connectivity index (χ1) is 12.3. The predicted molar refractivity (Wildman–Crippen MR) is 104 cm³/mol. The van der Waals surface area contributed by atoms with Crippen LogP contribution in [0, 0.1) is 6.92 Å². The number of benzene rings is 2. The van der Waals surface area contributed by atoms with E-state index in [-0.39, 0.29) is 11.7 Å². The zero-order chi connectivity index (χ0) is 18.7. The first-order valence-corrected chi connectivity index (χ1v) is 10.5. The van der Waals surface area contributed by atoms with Gasteiger partial charge < -0.3 is 5.32 Å². The SMILES string of the molecule is Cc1ccc(CS(=O)(=O)N2CCC[C@H]2C(=O)Nc2ccc(Cl)cc2)cc1. The monoisotopic (exact) mass is 392 g/mol. The zero-order valence-corrected chi connectivity index (χ0v) is 16.1. The number of sulfonamides is 1. The molecule has 0 aromatic heterocycles. The molecule has 1 N–H and O–H groups in total.